The van der Waals surface area contributed by atoms with Crippen LogP contribution in [-0.4, -0.2) is 24.2 Å². The number of aromatic nitrogens is 2. The van der Waals surface area contributed by atoms with Crippen molar-refractivity contribution in [3.05, 3.63) is 47.4 Å². The lowest BCUT2D eigenvalue weighted by atomic mass is 10.2. The summed E-state index contributed by atoms with van der Waals surface area (Å²) in [7, 11) is 3.28. The second-order valence-electron chi connectivity index (χ2n) is 4.42. The average Bonchev–Trinajstić information content (AvgIpc) is 2.47. The van der Waals surface area contributed by atoms with E-state index in [9.17, 15) is 0 Å². The van der Waals surface area contributed by atoms with Crippen molar-refractivity contribution in [2.45, 2.75) is 20.0 Å². The zero-order valence-electron chi connectivity index (χ0n) is 12.0. The molecule has 5 heteroatoms. The van der Waals surface area contributed by atoms with Gasteiger partial charge in [0.15, 0.2) is 0 Å². The van der Waals surface area contributed by atoms with Crippen LogP contribution in [0.25, 0.3) is 0 Å². The van der Waals surface area contributed by atoms with Crippen molar-refractivity contribution in [2.75, 3.05) is 14.2 Å². The highest BCUT2D eigenvalue weighted by atomic mass is 16.5. The Kier molecular flexibility index (Phi) is 4.90. The normalized spacial score (nSPS) is 10.3. The summed E-state index contributed by atoms with van der Waals surface area (Å²) >= 11 is 0. The Morgan fingerprint density at radius 1 is 1.15 bits per heavy atom. The van der Waals surface area contributed by atoms with E-state index in [1.54, 1.807) is 20.4 Å². The van der Waals surface area contributed by atoms with Gasteiger partial charge in [0.1, 0.15) is 5.75 Å². The fourth-order valence-corrected chi connectivity index (χ4v) is 1.98. The Morgan fingerprint density at radius 3 is 2.75 bits per heavy atom. The SMILES string of the molecule is COc1cc(C)nc(CNCc2cccnc2OC)c1. The van der Waals surface area contributed by atoms with Crippen molar-refractivity contribution in [1.82, 2.24) is 15.3 Å². The highest BCUT2D eigenvalue weighted by Crippen LogP contribution is 2.15. The summed E-state index contributed by atoms with van der Waals surface area (Å²) in [4.78, 5) is 8.63. The first-order valence-corrected chi connectivity index (χ1v) is 6.43. The minimum atomic E-state index is 0.648. The van der Waals surface area contributed by atoms with E-state index in [0.29, 0.717) is 19.0 Å². The number of methoxy groups -OCH3 is 2. The van der Waals surface area contributed by atoms with Crippen molar-refractivity contribution < 1.29 is 9.47 Å². The number of pyridine rings is 2. The number of nitrogens with one attached hydrogen (secondary N) is 1. The van der Waals surface area contributed by atoms with E-state index >= 15 is 0 Å². The first-order chi connectivity index (χ1) is 9.72. The molecule has 2 aromatic heterocycles. The van der Waals surface area contributed by atoms with Gasteiger partial charge in [0.05, 0.1) is 19.9 Å². The van der Waals surface area contributed by atoms with E-state index in [1.165, 1.54) is 0 Å². The number of hydrogen-bond acceptors (Lipinski definition) is 5. The van der Waals surface area contributed by atoms with Gasteiger partial charge < -0.3 is 14.8 Å². The van der Waals surface area contributed by atoms with E-state index in [-0.39, 0.29) is 0 Å². The van der Waals surface area contributed by atoms with Gasteiger partial charge in [0.2, 0.25) is 5.88 Å². The molecule has 0 amide bonds. The first-order valence-electron chi connectivity index (χ1n) is 6.43. The quantitative estimate of drug-likeness (QED) is 0.873. The van der Waals surface area contributed by atoms with Crippen molar-refractivity contribution in [2.24, 2.45) is 0 Å². The average molecular weight is 273 g/mol. The standard InChI is InChI=1S/C15H19N3O2/c1-11-7-14(19-2)8-13(18-11)10-16-9-12-5-4-6-17-15(12)20-3/h4-8,16H,9-10H2,1-3H3. The molecule has 0 radical (unpaired) electrons. The zero-order valence-corrected chi connectivity index (χ0v) is 12.0. The molecule has 2 rings (SSSR count). The lowest BCUT2D eigenvalue weighted by Gasteiger charge is -2.09. The van der Waals surface area contributed by atoms with Crippen molar-refractivity contribution >= 4 is 0 Å². The maximum Gasteiger partial charge on any atom is 0.217 e. The third kappa shape index (κ3) is 3.68. The Labute approximate surface area is 119 Å². The molecule has 0 aromatic carbocycles. The summed E-state index contributed by atoms with van der Waals surface area (Å²) in [5.41, 5.74) is 2.92. The van der Waals surface area contributed by atoms with Gasteiger partial charge >= 0.3 is 0 Å². The highest BCUT2D eigenvalue weighted by Gasteiger charge is 2.04. The molecule has 0 saturated carbocycles. The van der Waals surface area contributed by atoms with Crippen LogP contribution in [0.5, 0.6) is 11.6 Å². The Balaban J connectivity index is 1.97. The summed E-state index contributed by atoms with van der Waals surface area (Å²) in [6.45, 7) is 3.29. The molecular weight excluding hydrogens is 254 g/mol. The predicted octanol–water partition coefficient (Wildman–Crippen LogP) is 2.09. The molecule has 0 aliphatic heterocycles. The van der Waals surface area contributed by atoms with Crippen LogP contribution in [0.3, 0.4) is 0 Å². The monoisotopic (exact) mass is 273 g/mol. The molecule has 0 aliphatic rings. The molecule has 2 aromatic rings. The van der Waals surface area contributed by atoms with Crippen molar-refractivity contribution in [3.63, 3.8) is 0 Å². The van der Waals surface area contributed by atoms with Gasteiger partial charge in [0.25, 0.3) is 0 Å². The van der Waals surface area contributed by atoms with Gasteiger partial charge in [-0.3, -0.25) is 4.98 Å². The molecule has 2 heterocycles. The van der Waals surface area contributed by atoms with E-state index in [2.05, 4.69) is 15.3 Å². The Morgan fingerprint density at radius 2 is 2.00 bits per heavy atom. The van der Waals surface area contributed by atoms with Crippen LogP contribution in [0.1, 0.15) is 17.0 Å². The van der Waals surface area contributed by atoms with E-state index in [1.807, 2.05) is 31.2 Å². The molecule has 0 spiro atoms. The molecule has 5 nitrogen and oxygen atoms in total. The lowest BCUT2D eigenvalue weighted by Crippen LogP contribution is -2.15. The van der Waals surface area contributed by atoms with E-state index < -0.39 is 0 Å². The molecular formula is C15H19N3O2. The van der Waals surface area contributed by atoms with Gasteiger partial charge in [0, 0.05) is 42.7 Å². The molecule has 1 N–H and O–H groups in total. The number of aryl methyl sites for hydroxylation is 1. The fraction of sp³-hybridized carbons (Fsp3) is 0.333. The zero-order chi connectivity index (χ0) is 14.4. The second-order valence-corrected chi connectivity index (χ2v) is 4.42. The third-order valence-electron chi connectivity index (χ3n) is 2.88. The topological polar surface area (TPSA) is 56.3 Å². The third-order valence-corrected chi connectivity index (χ3v) is 2.88. The van der Waals surface area contributed by atoms with Crippen LogP contribution < -0.4 is 14.8 Å². The molecule has 0 aliphatic carbocycles. The molecule has 0 saturated heterocycles. The maximum absolute atomic E-state index is 5.24. The van der Waals surface area contributed by atoms with Crippen molar-refractivity contribution in [3.8, 4) is 11.6 Å². The number of hydrogen-bond donors (Lipinski definition) is 1. The van der Waals surface area contributed by atoms with Crippen LogP contribution in [0.4, 0.5) is 0 Å². The van der Waals surface area contributed by atoms with E-state index in [0.717, 1.165) is 22.7 Å². The van der Waals surface area contributed by atoms with Gasteiger partial charge in [-0.15, -0.1) is 0 Å². The van der Waals surface area contributed by atoms with Crippen LogP contribution in [0.2, 0.25) is 0 Å². The Hall–Kier alpha value is -2.14. The minimum Gasteiger partial charge on any atom is -0.497 e. The molecule has 0 unspecified atom stereocenters. The summed E-state index contributed by atoms with van der Waals surface area (Å²) in [6.07, 6.45) is 1.72. The van der Waals surface area contributed by atoms with Crippen LogP contribution in [-0.2, 0) is 13.1 Å². The van der Waals surface area contributed by atoms with E-state index in [4.69, 9.17) is 9.47 Å². The molecule has 0 fully saturated rings. The largest absolute Gasteiger partial charge is 0.497 e. The lowest BCUT2D eigenvalue weighted by molar-refractivity contribution is 0.390. The smallest absolute Gasteiger partial charge is 0.217 e. The van der Waals surface area contributed by atoms with Gasteiger partial charge in [-0.2, -0.15) is 0 Å². The Bertz CT molecular complexity index is 573. The summed E-state index contributed by atoms with van der Waals surface area (Å²) in [5.74, 6) is 1.48. The summed E-state index contributed by atoms with van der Waals surface area (Å²) in [5, 5.41) is 3.33. The fourth-order valence-electron chi connectivity index (χ4n) is 1.98. The summed E-state index contributed by atoms with van der Waals surface area (Å²) < 4.78 is 10.5. The molecule has 20 heavy (non-hydrogen) atoms. The van der Waals surface area contributed by atoms with Gasteiger partial charge in [-0.1, -0.05) is 6.07 Å². The van der Waals surface area contributed by atoms with Crippen LogP contribution in [0.15, 0.2) is 30.5 Å². The van der Waals surface area contributed by atoms with Crippen molar-refractivity contribution in [1.29, 1.82) is 0 Å². The summed E-state index contributed by atoms with van der Waals surface area (Å²) in [6, 6.07) is 7.73. The van der Waals surface area contributed by atoms with Gasteiger partial charge in [-0.25, -0.2) is 4.98 Å². The maximum atomic E-state index is 5.24. The van der Waals surface area contributed by atoms with Crippen LogP contribution >= 0.6 is 0 Å². The molecule has 106 valence electrons. The predicted molar refractivity (Wildman–Crippen MR) is 76.9 cm³/mol. The number of nitrogens with zero attached hydrogens (tertiary/aromatic N) is 2. The second kappa shape index (κ2) is 6.86. The number of ether oxygens (including phenoxy) is 2. The number of rotatable bonds is 6. The first kappa shape index (κ1) is 14.3. The highest BCUT2D eigenvalue weighted by molar-refractivity contribution is 5.27. The molecule has 0 atom stereocenters. The minimum absolute atomic E-state index is 0.648. The van der Waals surface area contributed by atoms with Crippen LogP contribution in [0, 0.1) is 6.92 Å². The molecule has 0 bridgehead atoms. The van der Waals surface area contributed by atoms with Gasteiger partial charge in [-0.05, 0) is 13.0 Å².